The van der Waals surface area contributed by atoms with Crippen LogP contribution in [0.25, 0.3) is 0 Å². The highest BCUT2D eigenvalue weighted by Crippen LogP contribution is 2.20. The summed E-state index contributed by atoms with van der Waals surface area (Å²) in [4.78, 5) is 2.10. The van der Waals surface area contributed by atoms with Gasteiger partial charge in [0.05, 0.1) is 17.9 Å². The normalized spacial score (nSPS) is 10.4. The van der Waals surface area contributed by atoms with Crippen molar-refractivity contribution in [3.05, 3.63) is 29.3 Å². The molecule has 0 atom stereocenters. The van der Waals surface area contributed by atoms with Crippen molar-refractivity contribution < 1.29 is 9.47 Å². The molecular weight excluding hydrogens is 266 g/mol. The summed E-state index contributed by atoms with van der Waals surface area (Å²) in [6.45, 7) is 3.83. The molecule has 21 heavy (non-hydrogen) atoms. The van der Waals surface area contributed by atoms with Crippen molar-refractivity contribution in [2.75, 3.05) is 52.5 Å². The Kier molecular flexibility index (Phi) is 8.44. The number of rotatable bonds is 10. The van der Waals surface area contributed by atoms with Crippen LogP contribution in [-0.2, 0) is 16.0 Å². The van der Waals surface area contributed by atoms with E-state index in [0.29, 0.717) is 12.2 Å². The lowest BCUT2D eigenvalue weighted by Crippen LogP contribution is -2.21. The quantitative estimate of drug-likeness (QED) is 0.666. The van der Waals surface area contributed by atoms with Gasteiger partial charge in [-0.3, -0.25) is 0 Å². The second-order valence-electron chi connectivity index (χ2n) is 4.90. The predicted molar refractivity (Wildman–Crippen MR) is 84.5 cm³/mol. The average molecular weight is 291 g/mol. The van der Waals surface area contributed by atoms with Crippen LogP contribution in [0.2, 0.25) is 0 Å². The van der Waals surface area contributed by atoms with Crippen molar-refractivity contribution in [3.63, 3.8) is 0 Å². The molecular formula is C16H25N3O2. The molecule has 1 N–H and O–H groups in total. The van der Waals surface area contributed by atoms with Gasteiger partial charge in [-0.1, -0.05) is 6.07 Å². The first-order valence-electron chi connectivity index (χ1n) is 7.15. The zero-order valence-electron chi connectivity index (χ0n) is 13.2. The van der Waals surface area contributed by atoms with E-state index >= 15 is 0 Å². The van der Waals surface area contributed by atoms with Crippen LogP contribution in [0.4, 0.5) is 5.69 Å². The van der Waals surface area contributed by atoms with E-state index in [0.717, 1.165) is 43.9 Å². The number of hydrogen-bond donors (Lipinski definition) is 1. The van der Waals surface area contributed by atoms with Crippen molar-refractivity contribution in [1.29, 1.82) is 5.26 Å². The van der Waals surface area contributed by atoms with Gasteiger partial charge in [0.2, 0.25) is 0 Å². The number of nitrogens with zero attached hydrogens (tertiary/aromatic N) is 2. The van der Waals surface area contributed by atoms with E-state index in [-0.39, 0.29) is 0 Å². The van der Waals surface area contributed by atoms with Crippen LogP contribution in [0.5, 0.6) is 0 Å². The van der Waals surface area contributed by atoms with Crippen molar-refractivity contribution >= 4 is 5.69 Å². The number of benzene rings is 1. The molecule has 0 aromatic heterocycles. The summed E-state index contributed by atoms with van der Waals surface area (Å²) in [5.41, 5.74) is 2.78. The van der Waals surface area contributed by atoms with Gasteiger partial charge >= 0.3 is 0 Å². The monoisotopic (exact) mass is 291 g/mol. The smallest absolute Gasteiger partial charge is 0.101 e. The molecule has 1 aromatic carbocycles. The first kappa shape index (κ1) is 17.4. The van der Waals surface area contributed by atoms with Gasteiger partial charge in [0.25, 0.3) is 0 Å². The maximum Gasteiger partial charge on any atom is 0.101 e. The molecule has 0 aliphatic heterocycles. The van der Waals surface area contributed by atoms with Crippen LogP contribution in [0.1, 0.15) is 17.5 Å². The molecule has 0 radical (unpaired) electrons. The number of ether oxygens (including phenoxy) is 2. The minimum absolute atomic E-state index is 0.686. The maximum absolute atomic E-state index is 9.33. The molecule has 1 aromatic rings. The van der Waals surface area contributed by atoms with E-state index in [2.05, 4.69) is 22.4 Å². The Morgan fingerprint density at radius 1 is 1.24 bits per heavy atom. The Hall–Kier alpha value is -1.61. The molecule has 0 amide bonds. The molecule has 5 heteroatoms. The van der Waals surface area contributed by atoms with Crippen molar-refractivity contribution in [1.82, 2.24) is 5.32 Å². The minimum atomic E-state index is 0.686. The van der Waals surface area contributed by atoms with E-state index < -0.39 is 0 Å². The SMILES string of the molecule is COCCCN(C)c1ccc(CNCCOC)cc1C#N. The van der Waals surface area contributed by atoms with Gasteiger partial charge in [-0.2, -0.15) is 5.26 Å². The zero-order valence-corrected chi connectivity index (χ0v) is 13.2. The number of hydrogen-bond acceptors (Lipinski definition) is 5. The van der Waals surface area contributed by atoms with Crippen molar-refractivity contribution in [2.24, 2.45) is 0 Å². The molecule has 0 heterocycles. The van der Waals surface area contributed by atoms with Crippen LogP contribution in [0.3, 0.4) is 0 Å². The van der Waals surface area contributed by atoms with E-state index in [1.54, 1.807) is 14.2 Å². The van der Waals surface area contributed by atoms with Gasteiger partial charge in [-0.15, -0.1) is 0 Å². The first-order chi connectivity index (χ1) is 10.2. The van der Waals surface area contributed by atoms with E-state index in [1.807, 2.05) is 19.2 Å². The highest BCUT2D eigenvalue weighted by atomic mass is 16.5. The zero-order chi connectivity index (χ0) is 15.5. The Balaban J connectivity index is 2.63. The lowest BCUT2D eigenvalue weighted by Gasteiger charge is -2.21. The predicted octanol–water partition coefficient (Wildman–Crippen LogP) is 1.77. The topological polar surface area (TPSA) is 57.5 Å². The van der Waals surface area contributed by atoms with Crippen LogP contribution < -0.4 is 10.2 Å². The molecule has 0 saturated heterocycles. The molecule has 0 aliphatic carbocycles. The van der Waals surface area contributed by atoms with Gasteiger partial charge < -0.3 is 19.7 Å². The van der Waals surface area contributed by atoms with Gasteiger partial charge in [-0.05, 0) is 24.1 Å². The minimum Gasteiger partial charge on any atom is -0.385 e. The third-order valence-electron chi connectivity index (χ3n) is 3.25. The molecule has 0 fully saturated rings. The molecule has 0 saturated carbocycles. The van der Waals surface area contributed by atoms with Crippen molar-refractivity contribution in [2.45, 2.75) is 13.0 Å². The molecule has 5 nitrogen and oxygen atoms in total. The highest BCUT2D eigenvalue weighted by Gasteiger charge is 2.08. The average Bonchev–Trinajstić information content (AvgIpc) is 2.51. The molecule has 1 rings (SSSR count). The third-order valence-corrected chi connectivity index (χ3v) is 3.25. The number of nitrogens with one attached hydrogen (secondary N) is 1. The summed E-state index contributed by atoms with van der Waals surface area (Å²) >= 11 is 0. The van der Waals surface area contributed by atoms with Gasteiger partial charge in [-0.25, -0.2) is 0 Å². The molecule has 0 aliphatic rings. The lowest BCUT2D eigenvalue weighted by atomic mass is 10.1. The molecule has 0 bridgehead atoms. The Bertz CT molecular complexity index is 457. The Morgan fingerprint density at radius 2 is 2.00 bits per heavy atom. The standard InChI is InChI=1S/C16H25N3O2/c1-19(8-4-9-20-2)16-6-5-14(11-15(16)12-17)13-18-7-10-21-3/h5-6,11,18H,4,7-10,13H2,1-3H3. The first-order valence-corrected chi connectivity index (χ1v) is 7.15. The van der Waals surface area contributed by atoms with Crippen LogP contribution in [0, 0.1) is 11.3 Å². The fourth-order valence-corrected chi connectivity index (χ4v) is 2.09. The largest absolute Gasteiger partial charge is 0.385 e. The summed E-state index contributed by atoms with van der Waals surface area (Å²) in [6, 6.07) is 8.30. The summed E-state index contributed by atoms with van der Waals surface area (Å²) in [5.74, 6) is 0. The third kappa shape index (κ3) is 6.13. The fraction of sp³-hybridized carbons (Fsp3) is 0.562. The lowest BCUT2D eigenvalue weighted by molar-refractivity contribution is 0.196. The van der Waals surface area contributed by atoms with Crippen LogP contribution in [-0.4, -0.2) is 47.6 Å². The van der Waals surface area contributed by atoms with Crippen LogP contribution in [0.15, 0.2) is 18.2 Å². The highest BCUT2D eigenvalue weighted by molar-refractivity contribution is 5.60. The van der Waals surface area contributed by atoms with Gasteiger partial charge in [0.1, 0.15) is 6.07 Å². The number of methoxy groups -OCH3 is 2. The summed E-state index contributed by atoms with van der Waals surface area (Å²) in [6.07, 6.45) is 0.943. The molecule has 116 valence electrons. The maximum atomic E-state index is 9.33. The van der Waals surface area contributed by atoms with E-state index in [9.17, 15) is 5.26 Å². The van der Waals surface area contributed by atoms with Crippen LogP contribution >= 0.6 is 0 Å². The second kappa shape index (κ2) is 10.2. The van der Waals surface area contributed by atoms with Gasteiger partial charge in [0, 0.05) is 47.5 Å². The van der Waals surface area contributed by atoms with E-state index in [4.69, 9.17) is 9.47 Å². The van der Waals surface area contributed by atoms with E-state index in [1.165, 1.54) is 0 Å². The Labute approximate surface area is 127 Å². The summed E-state index contributed by atoms with van der Waals surface area (Å²) in [5, 5.41) is 12.6. The molecule has 0 unspecified atom stereocenters. The summed E-state index contributed by atoms with van der Waals surface area (Å²) < 4.78 is 10.0. The molecule has 0 spiro atoms. The summed E-state index contributed by atoms with van der Waals surface area (Å²) in [7, 11) is 5.39. The van der Waals surface area contributed by atoms with Gasteiger partial charge in [0.15, 0.2) is 0 Å². The Morgan fingerprint density at radius 3 is 2.67 bits per heavy atom. The second-order valence-corrected chi connectivity index (χ2v) is 4.90. The van der Waals surface area contributed by atoms with Crippen molar-refractivity contribution in [3.8, 4) is 6.07 Å². The number of anilines is 1. The fourth-order valence-electron chi connectivity index (χ4n) is 2.09. The number of nitriles is 1.